The third kappa shape index (κ3) is 3.62. The predicted octanol–water partition coefficient (Wildman–Crippen LogP) is 2.26. The Morgan fingerprint density at radius 3 is 3.00 bits per heavy atom. The molecule has 3 aromatic rings. The van der Waals surface area contributed by atoms with Gasteiger partial charge in [-0.1, -0.05) is 11.6 Å². The number of hydrogen-bond acceptors (Lipinski definition) is 5. The van der Waals surface area contributed by atoms with E-state index in [4.69, 9.17) is 17.3 Å². The van der Waals surface area contributed by atoms with Gasteiger partial charge in [-0.25, -0.2) is 15.0 Å². The van der Waals surface area contributed by atoms with Gasteiger partial charge in [0.25, 0.3) is 5.91 Å². The predicted molar refractivity (Wildman–Crippen MR) is 92.9 cm³/mol. The molecule has 0 saturated carbocycles. The smallest absolute Gasteiger partial charge is 0.254 e. The molecule has 0 aliphatic rings. The highest BCUT2D eigenvalue weighted by molar-refractivity contribution is 6.31. The van der Waals surface area contributed by atoms with Crippen LogP contribution in [0.25, 0.3) is 11.0 Å². The first-order chi connectivity index (χ1) is 11.5. The highest BCUT2D eigenvalue weighted by Crippen LogP contribution is 2.17. The Hall–Kier alpha value is -2.67. The van der Waals surface area contributed by atoms with Gasteiger partial charge in [0.05, 0.1) is 22.3 Å². The lowest BCUT2D eigenvalue weighted by atomic mass is 10.2. The van der Waals surface area contributed by atoms with Crippen LogP contribution in [0.5, 0.6) is 0 Å². The Kier molecular flexibility index (Phi) is 4.61. The van der Waals surface area contributed by atoms with Crippen LogP contribution in [0.4, 0.5) is 5.95 Å². The zero-order chi connectivity index (χ0) is 17.1. The Bertz CT molecular complexity index is 891. The monoisotopic (exact) mass is 344 g/mol. The third-order valence-electron chi connectivity index (χ3n) is 3.61. The number of amides is 1. The van der Waals surface area contributed by atoms with Crippen molar-refractivity contribution in [1.82, 2.24) is 25.3 Å². The molecule has 2 aromatic heterocycles. The lowest BCUT2D eigenvalue weighted by Crippen LogP contribution is -2.26. The number of nitrogen functional groups attached to an aromatic ring is 1. The summed E-state index contributed by atoms with van der Waals surface area (Å²) in [4.78, 5) is 27.6. The van der Waals surface area contributed by atoms with Crippen molar-refractivity contribution in [3.05, 3.63) is 46.5 Å². The average molecular weight is 345 g/mol. The number of aromatic amines is 1. The number of halogens is 1. The van der Waals surface area contributed by atoms with E-state index < -0.39 is 0 Å². The molecule has 3 rings (SSSR count). The second-order valence-corrected chi connectivity index (χ2v) is 5.87. The molecule has 0 aliphatic carbocycles. The molecule has 0 unspecified atom stereocenters. The lowest BCUT2D eigenvalue weighted by Gasteiger charge is -2.06. The van der Waals surface area contributed by atoms with Crippen LogP contribution >= 0.6 is 11.6 Å². The number of hydrogen-bond donors (Lipinski definition) is 3. The second kappa shape index (κ2) is 6.84. The van der Waals surface area contributed by atoms with Crippen LogP contribution in [0.15, 0.2) is 24.4 Å². The Balaban J connectivity index is 1.53. The number of anilines is 1. The van der Waals surface area contributed by atoms with Gasteiger partial charge in [0.15, 0.2) is 0 Å². The van der Waals surface area contributed by atoms with Gasteiger partial charge in [0.2, 0.25) is 5.95 Å². The van der Waals surface area contributed by atoms with E-state index in [0.29, 0.717) is 22.8 Å². The lowest BCUT2D eigenvalue weighted by molar-refractivity contribution is 0.0952. The minimum atomic E-state index is -0.205. The summed E-state index contributed by atoms with van der Waals surface area (Å²) in [6.07, 6.45) is 2.92. The average Bonchev–Trinajstić information content (AvgIpc) is 2.93. The van der Waals surface area contributed by atoms with Crippen LogP contribution in [0.1, 0.15) is 28.3 Å². The van der Waals surface area contributed by atoms with Gasteiger partial charge in [0, 0.05) is 24.2 Å². The number of aromatic nitrogens is 4. The Morgan fingerprint density at radius 1 is 1.38 bits per heavy atom. The fraction of sp³-hybridized carbons (Fsp3) is 0.250. The van der Waals surface area contributed by atoms with Crippen molar-refractivity contribution < 1.29 is 4.79 Å². The van der Waals surface area contributed by atoms with Crippen molar-refractivity contribution in [2.45, 2.75) is 19.8 Å². The van der Waals surface area contributed by atoms with Gasteiger partial charge in [-0.3, -0.25) is 4.79 Å². The van der Waals surface area contributed by atoms with Crippen molar-refractivity contribution in [2.24, 2.45) is 0 Å². The van der Waals surface area contributed by atoms with E-state index in [1.165, 1.54) is 6.20 Å². The molecule has 1 aromatic carbocycles. The van der Waals surface area contributed by atoms with Gasteiger partial charge in [0.1, 0.15) is 5.82 Å². The number of imidazole rings is 1. The molecule has 0 saturated heterocycles. The summed E-state index contributed by atoms with van der Waals surface area (Å²) in [5.41, 5.74) is 8.27. The standard InChI is InChI=1S/C16H17ClN6O/c1-9-11(8-20-16(18)21-9)15(24)19-6-2-3-14-22-12-5-4-10(17)7-13(12)23-14/h4-5,7-8H,2-3,6H2,1H3,(H,19,24)(H,22,23)(H2,18,20,21). The number of carbonyl (C=O) groups is 1. The van der Waals surface area contributed by atoms with E-state index in [1.807, 2.05) is 18.2 Å². The van der Waals surface area contributed by atoms with Crippen LogP contribution in [0.2, 0.25) is 5.02 Å². The Labute approximate surface area is 143 Å². The molecule has 8 heteroatoms. The zero-order valence-corrected chi connectivity index (χ0v) is 13.9. The first kappa shape index (κ1) is 16.2. The molecule has 0 aliphatic heterocycles. The molecular weight excluding hydrogens is 328 g/mol. The van der Waals surface area contributed by atoms with Crippen molar-refractivity contribution in [3.63, 3.8) is 0 Å². The minimum Gasteiger partial charge on any atom is -0.368 e. The molecule has 1 amide bonds. The number of nitrogens with one attached hydrogen (secondary N) is 2. The minimum absolute atomic E-state index is 0.161. The molecule has 0 bridgehead atoms. The van der Waals surface area contributed by atoms with Crippen molar-refractivity contribution >= 4 is 34.5 Å². The summed E-state index contributed by atoms with van der Waals surface area (Å²) in [6, 6.07) is 5.54. The number of nitrogens with two attached hydrogens (primary N) is 1. The molecule has 0 atom stereocenters. The molecule has 2 heterocycles. The van der Waals surface area contributed by atoms with Crippen LogP contribution < -0.4 is 11.1 Å². The van der Waals surface area contributed by atoms with Gasteiger partial charge in [-0.05, 0) is 31.5 Å². The molecule has 24 heavy (non-hydrogen) atoms. The topological polar surface area (TPSA) is 110 Å². The summed E-state index contributed by atoms with van der Waals surface area (Å²) < 4.78 is 0. The van der Waals surface area contributed by atoms with E-state index in [9.17, 15) is 4.79 Å². The first-order valence-corrected chi connectivity index (χ1v) is 7.92. The molecule has 124 valence electrons. The third-order valence-corrected chi connectivity index (χ3v) is 3.85. The zero-order valence-electron chi connectivity index (χ0n) is 13.1. The van der Waals surface area contributed by atoms with Gasteiger partial charge < -0.3 is 16.0 Å². The van der Waals surface area contributed by atoms with Crippen LogP contribution in [0.3, 0.4) is 0 Å². The second-order valence-electron chi connectivity index (χ2n) is 5.43. The number of carbonyl (C=O) groups excluding carboxylic acids is 1. The van der Waals surface area contributed by atoms with Crippen LogP contribution in [-0.2, 0) is 6.42 Å². The summed E-state index contributed by atoms with van der Waals surface area (Å²) in [7, 11) is 0. The van der Waals surface area contributed by atoms with E-state index in [2.05, 4.69) is 25.3 Å². The maximum Gasteiger partial charge on any atom is 0.254 e. The highest BCUT2D eigenvalue weighted by Gasteiger charge is 2.10. The number of fused-ring (bicyclic) bond motifs is 1. The number of H-pyrrole nitrogens is 1. The van der Waals surface area contributed by atoms with Crippen molar-refractivity contribution in [3.8, 4) is 0 Å². The molecule has 0 fully saturated rings. The van der Waals surface area contributed by atoms with Gasteiger partial charge >= 0.3 is 0 Å². The van der Waals surface area contributed by atoms with Crippen LogP contribution in [0, 0.1) is 6.92 Å². The molecule has 7 nitrogen and oxygen atoms in total. The highest BCUT2D eigenvalue weighted by atomic mass is 35.5. The molecule has 0 radical (unpaired) electrons. The summed E-state index contributed by atoms with van der Waals surface area (Å²) >= 11 is 5.96. The Morgan fingerprint density at radius 2 is 2.21 bits per heavy atom. The van der Waals surface area contributed by atoms with E-state index in [-0.39, 0.29) is 11.9 Å². The fourth-order valence-corrected chi connectivity index (χ4v) is 2.59. The normalized spacial score (nSPS) is 10.9. The summed E-state index contributed by atoms with van der Waals surface area (Å²) in [5, 5.41) is 3.52. The van der Waals surface area contributed by atoms with Gasteiger partial charge in [-0.15, -0.1) is 0 Å². The SMILES string of the molecule is Cc1nc(N)ncc1C(=O)NCCCc1nc2ccc(Cl)cc2[nH]1. The quantitative estimate of drug-likeness (QED) is 0.615. The first-order valence-electron chi connectivity index (χ1n) is 7.54. The maximum absolute atomic E-state index is 12.1. The number of rotatable bonds is 5. The van der Waals surface area contributed by atoms with E-state index >= 15 is 0 Å². The van der Waals surface area contributed by atoms with E-state index in [0.717, 1.165) is 29.7 Å². The van der Waals surface area contributed by atoms with E-state index in [1.54, 1.807) is 6.92 Å². The summed E-state index contributed by atoms with van der Waals surface area (Å²) in [6.45, 7) is 2.26. The molecule has 4 N–H and O–H groups in total. The van der Waals surface area contributed by atoms with Crippen LogP contribution in [-0.4, -0.2) is 32.4 Å². The number of aryl methyl sites for hydroxylation is 2. The van der Waals surface area contributed by atoms with Crippen molar-refractivity contribution in [2.75, 3.05) is 12.3 Å². The number of benzene rings is 1. The van der Waals surface area contributed by atoms with Gasteiger partial charge in [-0.2, -0.15) is 0 Å². The molecule has 0 spiro atoms. The fourth-order valence-electron chi connectivity index (χ4n) is 2.41. The number of nitrogens with zero attached hydrogens (tertiary/aromatic N) is 3. The largest absolute Gasteiger partial charge is 0.368 e. The van der Waals surface area contributed by atoms with Crippen molar-refractivity contribution in [1.29, 1.82) is 0 Å². The summed E-state index contributed by atoms with van der Waals surface area (Å²) in [5.74, 6) is 0.825. The molecular formula is C16H17ClN6O. The maximum atomic E-state index is 12.1.